The van der Waals surface area contributed by atoms with Gasteiger partial charge in [0.2, 0.25) is 0 Å². The number of hydrogen-bond donors (Lipinski definition) is 0. The SMILES string of the molecule is COC(=O)CC(C)S(=O)(=O)Cc1ccc(F)cc1Br. The topological polar surface area (TPSA) is 60.4 Å². The molecule has 7 heteroatoms. The van der Waals surface area contributed by atoms with Crippen molar-refractivity contribution in [2.45, 2.75) is 24.3 Å². The fraction of sp³-hybridized carbons (Fsp3) is 0.417. The van der Waals surface area contributed by atoms with Gasteiger partial charge in [-0.2, -0.15) is 0 Å². The van der Waals surface area contributed by atoms with Crippen molar-refractivity contribution in [1.29, 1.82) is 0 Å². The molecule has 0 aromatic heterocycles. The maximum Gasteiger partial charge on any atom is 0.306 e. The number of carbonyl (C=O) groups is 1. The second kappa shape index (κ2) is 6.47. The Morgan fingerprint density at radius 2 is 2.11 bits per heavy atom. The van der Waals surface area contributed by atoms with Crippen LogP contribution in [0.15, 0.2) is 22.7 Å². The average Bonchev–Trinajstić information content (AvgIpc) is 2.32. The summed E-state index contributed by atoms with van der Waals surface area (Å²) in [6.45, 7) is 1.45. The molecule has 19 heavy (non-hydrogen) atoms. The van der Waals surface area contributed by atoms with Gasteiger partial charge in [0.05, 0.1) is 24.5 Å². The quantitative estimate of drug-likeness (QED) is 0.763. The lowest BCUT2D eigenvalue weighted by atomic mass is 10.2. The molecule has 1 unspecified atom stereocenters. The maximum atomic E-state index is 12.9. The number of hydrogen-bond acceptors (Lipinski definition) is 4. The predicted molar refractivity (Wildman–Crippen MR) is 72.8 cm³/mol. The zero-order chi connectivity index (χ0) is 14.6. The van der Waals surface area contributed by atoms with Gasteiger partial charge < -0.3 is 4.74 Å². The fourth-order valence-corrected chi connectivity index (χ4v) is 3.48. The first-order valence-corrected chi connectivity index (χ1v) is 7.99. The molecule has 0 amide bonds. The molecule has 0 spiro atoms. The molecular formula is C12H14BrFO4S. The number of esters is 1. The molecule has 1 aromatic rings. The Bertz CT molecular complexity index is 571. The van der Waals surface area contributed by atoms with Gasteiger partial charge in [-0.15, -0.1) is 0 Å². The van der Waals surface area contributed by atoms with Gasteiger partial charge in [-0.05, 0) is 24.6 Å². The summed E-state index contributed by atoms with van der Waals surface area (Å²) in [6, 6.07) is 3.80. The molecule has 0 aliphatic carbocycles. The van der Waals surface area contributed by atoms with Crippen LogP contribution in [-0.2, 0) is 25.1 Å². The number of halogens is 2. The van der Waals surface area contributed by atoms with Crippen LogP contribution in [0.5, 0.6) is 0 Å². The number of sulfone groups is 1. The monoisotopic (exact) mass is 352 g/mol. The fourth-order valence-electron chi connectivity index (χ4n) is 1.44. The summed E-state index contributed by atoms with van der Waals surface area (Å²) in [4.78, 5) is 11.1. The van der Waals surface area contributed by atoms with Gasteiger partial charge in [-0.3, -0.25) is 4.79 Å². The Labute approximate surface area is 120 Å². The van der Waals surface area contributed by atoms with Crippen LogP contribution in [0.4, 0.5) is 4.39 Å². The van der Waals surface area contributed by atoms with Crippen molar-refractivity contribution >= 4 is 31.7 Å². The minimum atomic E-state index is -3.51. The van der Waals surface area contributed by atoms with E-state index in [1.807, 2.05) is 0 Å². The molecule has 106 valence electrons. The van der Waals surface area contributed by atoms with Crippen LogP contribution in [0, 0.1) is 5.82 Å². The van der Waals surface area contributed by atoms with E-state index in [0.717, 1.165) is 0 Å². The maximum absolute atomic E-state index is 12.9. The highest BCUT2D eigenvalue weighted by Gasteiger charge is 2.25. The first-order valence-electron chi connectivity index (χ1n) is 5.48. The molecular weight excluding hydrogens is 339 g/mol. The van der Waals surface area contributed by atoms with Gasteiger partial charge in [0.1, 0.15) is 5.82 Å². The van der Waals surface area contributed by atoms with Crippen LogP contribution < -0.4 is 0 Å². The van der Waals surface area contributed by atoms with E-state index in [4.69, 9.17) is 0 Å². The molecule has 0 fully saturated rings. The Morgan fingerprint density at radius 1 is 1.47 bits per heavy atom. The van der Waals surface area contributed by atoms with E-state index < -0.39 is 26.9 Å². The second-order valence-electron chi connectivity index (χ2n) is 4.13. The molecule has 0 saturated carbocycles. The van der Waals surface area contributed by atoms with Crippen molar-refractivity contribution in [2.24, 2.45) is 0 Å². The van der Waals surface area contributed by atoms with Gasteiger partial charge in [-0.25, -0.2) is 12.8 Å². The number of benzene rings is 1. The highest BCUT2D eigenvalue weighted by molar-refractivity contribution is 9.10. The number of rotatable bonds is 5. The lowest BCUT2D eigenvalue weighted by molar-refractivity contribution is -0.140. The smallest absolute Gasteiger partial charge is 0.306 e. The molecule has 0 N–H and O–H groups in total. The van der Waals surface area contributed by atoms with E-state index in [2.05, 4.69) is 20.7 Å². The first kappa shape index (κ1) is 16.1. The van der Waals surface area contributed by atoms with Crippen LogP contribution in [0.2, 0.25) is 0 Å². The molecule has 1 rings (SSSR count). The van der Waals surface area contributed by atoms with Crippen LogP contribution >= 0.6 is 15.9 Å². The highest BCUT2D eigenvalue weighted by atomic mass is 79.9. The number of methoxy groups -OCH3 is 1. The minimum Gasteiger partial charge on any atom is -0.469 e. The zero-order valence-electron chi connectivity index (χ0n) is 10.5. The predicted octanol–water partition coefficient (Wildman–Crippen LogP) is 2.45. The van der Waals surface area contributed by atoms with Gasteiger partial charge in [0.25, 0.3) is 0 Å². The summed E-state index contributed by atoms with van der Waals surface area (Å²) < 4.78 is 41.9. The molecule has 0 aliphatic heterocycles. The first-order chi connectivity index (χ1) is 8.76. The van der Waals surface area contributed by atoms with Crippen LogP contribution in [-0.4, -0.2) is 26.7 Å². The normalized spacial score (nSPS) is 13.1. The Kier molecular flexibility index (Phi) is 5.49. The summed E-state index contributed by atoms with van der Waals surface area (Å²) in [7, 11) is -2.30. The van der Waals surface area contributed by atoms with Crippen molar-refractivity contribution in [2.75, 3.05) is 7.11 Å². The van der Waals surface area contributed by atoms with Crippen molar-refractivity contribution < 1.29 is 22.3 Å². The molecule has 1 aromatic carbocycles. The van der Waals surface area contributed by atoms with Crippen molar-refractivity contribution in [1.82, 2.24) is 0 Å². The van der Waals surface area contributed by atoms with Gasteiger partial charge in [-0.1, -0.05) is 22.0 Å². The highest BCUT2D eigenvalue weighted by Crippen LogP contribution is 2.22. The lowest BCUT2D eigenvalue weighted by Gasteiger charge is -2.12. The molecule has 0 saturated heterocycles. The Morgan fingerprint density at radius 3 is 2.63 bits per heavy atom. The van der Waals surface area contributed by atoms with Crippen LogP contribution in [0.3, 0.4) is 0 Å². The lowest BCUT2D eigenvalue weighted by Crippen LogP contribution is -2.23. The van der Waals surface area contributed by atoms with Gasteiger partial charge in [0.15, 0.2) is 9.84 Å². The van der Waals surface area contributed by atoms with Crippen molar-refractivity contribution in [3.8, 4) is 0 Å². The largest absolute Gasteiger partial charge is 0.469 e. The molecule has 0 aliphatic rings. The minimum absolute atomic E-state index is 0.197. The third kappa shape index (κ3) is 4.58. The third-order valence-electron chi connectivity index (χ3n) is 2.67. The van der Waals surface area contributed by atoms with Gasteiger partial charge >= 0.3 is 5.97 Å². The summed E-state index contributed by atoms with van der Waals surface area (Å²) in [5.41, 5.74) is 0.457. The van der Waals surface area contributed by atoms with Gasteiger partial charge in [0, 0.05) is 4.47 Å². The van der Waals surface area contributed by atoms with Crippen molar-refractivity contribution in [3.05, 3.63) is 34.1 Å². The number of ether oxygens (including phenoxy) is 1. The summed E-state index contributed by atoms with van der Waals surface area (Å²) in [5, 5.41) is -0.850. The Hall–Kier alpha value is -0.950. The van der Waals surface area contributed by atoms with E-state index in [-0.39, 0.29) is 12.2 Å². The van der Waals surface area contributed by atoms with E-state index in [0.29, 0.717) is 10.0 Å². The molecule has 0 radical (unpaired) electrons. The molecule has 0 bridgehead atoms. The van der Waals surface area contributed by atoms with Crippen LogP contribution in [0.1, 0.15) is 18.9 Å². The van der Waals surface area contributed by atoms with Crippen molar-refractivity contribution in [3.63, 3.8) is 0 Å². The van der Waals surface area contributed by atoms with Crippen LogP contribution in [0.25, 0.3) is 0 Å². The summed E-state index contributed by atoms with van der Waals surface area (Å²) in [6.07, 6.45) is -0.197. The standard InChI is InChI=1S/C12H14BrFO4S/c1-8(5-12(15)18-2)19(16,17)7-9-3-4-10(14)6-11(9)13/h3-4,6,8H,5,7H2,1-2H3. The summed E-state index contributed by atoms with van der Waals surface area (Å²) >= 11 is 3.12. The third-order valence-corrected chi connectivity index (χ3v) is 5.51. The van der Waals surface area contributed by atoms with E-state index in [1.54, 1.807) is 0 Å². The molecule has 1 atom stereocenters. The van der Waals surface area contributed by atoms with E-state index >= 15 is 0 Å². The second-order valence-corrected chi connectivity index (χ2v) is 7.41. The molecule has 0 heterocycles. The Balaban J connectivity index is 2.87. The summed E-state index contributed by atoms with van der Waals surface area (Å²) in [5.74, 6) is -1.28. The van der Waals surface area contributed by atoms with E-state index in [9.17, 15) is 17.6 Å². The average molecular weight is 353 g/mol. The van der Waals surface area contributed by atoms with E-state index in [1.165, 1.54) is 32.2 Å². The zero-order valence-corrected chi connectivity index (χ0v) is 12.9. The molecule has 4 nitrogen and oxygen atoms in total. The number of carbonyl (C=O) groups excluding carboxylic acids is 1.